The molecule has 0 fully saturated rings. The van der Waals surface area contributed by atoms with Gasteiger partial charge in [-0.3, -0.25) is 4.79 Å². The summed E-state index contributed by atoms with van der Waals surface area (Å²) >= 11 is 0. The van der Waals surface area contributed by atoms with Crippen molar-refractivity contribution in [3.8, 4) is 5.75 Å². The molecule has 2 rings (SSSR count). The third-order valence-electron chi connectivity index (χ3n) is 2.93. The van der Waals surface area contributed by atoms with Gasteiger partial charge in [0.15, 0.2) is 5.78 Å². The van der Waals surface area contributed by atoms with E-state index in [0.717, 1.165) is 11.1 Å². The molecule has 2 aromatic carbocycles. The number of carbonyl (C=O) groups is 1. The highest BCUT2D eigenvalue weighted by atomic mass is 16.3. The number of hydrogen-bond acceptors (Lipinski definition) is 2. The molecule has 2 aromatic rings. The smallest absolute Gasteiger partial charge is 0.159 e. The van der Waals surface area contributed by atoms with E-state index in [9.17, 15) is 9.90 Å². The summed E-state index contributed by atoms with van der Waals surface area (Å²) in [6.45, 7) is 1.52. The number of benzene rings is 2. The van der Waals surface area contributed by atoms with Crippen molar-refractivity contribution in [3.05, 3.63) is 71.3 Å². The zero-order valence-corrected chi connectivity index (χ0v) is 10.8. The third-order valence-corrected chi connectivity index (χ3v) is 2.93. The molecule has 0 heterocycles. The lowest BCUT2D eigenvalue weighted by atomic mass is 10.0. The summed E-state index contributed by atoms with van der Waals surface area (Å²) in [6.07, 6.45) is 4.58. The number of phenols is 1. The van der Waals surface area contributed by atoms with E-state index in [-0.39, 0.29) is 11.5 Å². The van der Waals surface area contributed by atoms with Crippen LogP contribution in [0.1, 0.15) is 28.4 Å². The molecule has 0 aliphatic carbocycles. The fourth-order valence-corrected chi connectivity index (χ4v) is 1.85. The van der Waals surface area contributed by atoms with E-state index in [4.69, 9.17) is 0 Å². The molecule has 0 spiro atoms. The molecule has 2 heteroatoms. The summed E-state index contributed by atoms with van der Waals surface area (Å²) < 4.78 is 0. The second-order valence-corrected chi connectivity index (χ2v) is 4.42. The Labute approximate surface area is 113 Å². The molecule has 2 nitrogen and oxygen atoms in total. The van der Waals surface area contributed by atoms with Gasteiger partial charge >= 0.3 is 0 Å². The molecule has 0 aliphatic rings. The highest BCUT2D eigenvalue weighted by Crippen LogP contribution is 2.20. The molecule has 1 N–H and O–H groups in total. The van der Waals surface area contributed by atoms with Crippen LogP contribution in [0.3, 0.4) is 0 Å². The van der Waals surface area contributed by atoms with Crippen LogP contribution < -0.4 is 0 Å². The van der Waals surface area contributed by atoms with Crippen LogP contribution in [0.2, 0.25) is 0 Å². The molecule has 0 aromatic heterocycles. The van der Waals surface area contributed by atoms with Crippen molar-refractivity contribution in [1.29, 1.82) is 0 Å². The van der Waals surface area contributed by atoms with Gasteiger partial charge in [0.2, 0.25) is 0 Å². The first kappa shape index (κ1) is 13.1. The van der Waals surface area contributed by atoms with Crippen molar-refractivity contribution in [3.63, 3.8) is 0 Å². The minimum atomic E-state index is 0.00767. The van der Waals surface area contributed by atoms with Crippen molar-refractivity contribution >= 4 is 11.9 Å². The number of carbonyl (C=O) groups excluding carboxylic acids is 1. The molecule has 0 unspecified atom stereocenters. The number of allylic oxidation sites excluding steroid dienone is 1. The lowest BCUT2D eigenvalue weighted by Gasteiger charge is -2.03. The molecular formula is C17H16O2. The molecule has 0 bridgehead atoms. The third kappa shape index (κ3) is 3.55. The SMILES string of the molecule is CC(=O)c1ccc(O)c(C/C=C/c2ccccc2)c1. The number of ketones is 1. The van der Waals surface area contributed by atoms with Crippen LogP contribution in [0.25, 0.3) is 6.08 Å². The molecular weight excluding hydrogens is 236 g/mol. The number of aromatic hydroxyl groups is 1. The molecule has 96 valence electrons. The van der Waals surface area contributed by atoms with Crippen LogP contribution in [-0.2, 0) is 6.42 Å². The van der Waals surface area contributed by atoms with E-state index in [0.29, 0.717) is 12.0 Å². The molecule has 0 radical (unpaired) electrons. The van der Waals surface area contributed by atoms with Gasteiger partial charge in [-0.25, -0.2) is 0 Å². The van der Waals surface area contributed by atoms with Crippen LogP contribution in [0.4, 0.5) is 0 Å². The Morgan fingerprint density at radius 3 is 2.58 bits per heavy atom. The van der Waals surface area contributed by atoms with E-state index >= 15 is 0 Å². The average molecular weight is 252 g/mol. The molecule has 0 saturated carbocycles. The Kier molecular flexibility index (Phi) is 4.14. The molecule has 0 atom stereocenters. The topological polar surface area (TPSA) is 37.3 Å². The predicted octanol–water partition coefficient (Wildman–Crippen LogP) is 3.85. The van der Waals surface area contributed by atoms with Gasteiger partial charge in [0.1, 0.15) is 5.75 Å². The van der Waals surface area contributed by atoms with Gasteiger partial charge in [-0.05, 0) is 42.7 Å². The van der Waals surface area contributed by atoms with Crippen molar-refractivity contribution in [2.75, 3.05) is 0 Å². The standard InChI is InChI=1S/C17H16O2/c1-13(18)15-10-11-17(19)16(12-15)9-5-8-14-6-3-2-4-7-14/h2-8,10-12,19H,9H2,1H3/b8-5+. The van der Waals surface area contributed by atoms with E-state index < -0.39 is 0 Å². The second-order valence-electron chi connectivity index (χ2n) is 4.42. The first-order chi connectivity index (χ1) is 9.16. The normalized spacial score (nSPS) is 10.8. The summed E-state index contributed by atoms with van der Waals surface area (Å²) in [4.78, 5) is 11.3. The van der Waals surface area contributed by atoms with E-state index in [2.05, 4.69) is 0 Å². The Balaban J connectivity index is 2.13. The Morgan fingerprint density at radius 1 is 1.16 bits per heavy atom. The Hall–Kier alpha value is -2.35. The summed E-state index contributed by atoms with van der Waals surface area (Å²) in [7, 11) is 0. The summed E-state index contributed by atoms with van der Waals surface area (Å²) in [5.41, 5.74) is 2.51. The largest absolute Gasteiger partial charge is 0.508 e. The molecule has 0 saturated heterocycles. The number of hydrogen-bond donors (Lipinski definition) is 1. The predicted molar refractivity (Wildman–Crippen MR) is 77.3 cm³/mol. The molecule has 0 aliphatic heterocycles. The van der Waals surface area contributed by atoms with Crippen LogP contribution in [0.15, 0.2) is 54.6 Å². The average Bonchev–Trinajstić information content (AvgIpc) is 2.42. The number of Topliss-reactive ketones (excluding diaryl/α,β-unsaturated/α-hetero) is 1. The molecule has 0 amide bonds. The lowest BCUT2D eigenvalue weighted by molar-refractivity contribution is 0.101. The monoisotopic (exact) mass is 252 g/mol. The maximum atomic E-state index is 11.3. The van der Waals surface area contributed by atoms with Crippen molar-refractivity contribution in [1.82, 2.24) is 0 Å². The van der Waals surface area contributed by atoms with Crippen LogP contribution in [0, 0.1) is 0 Å². The zero-order chi connectivity index (χ0) is 13.7. The van der Waals surface area contributed by atoms with Gasteiger partial charge in [0.25, 0.3) is 0 Å². The second kappa shape index (κ2) is 6.01. The van der Waals surface area contributed by atoms with Crippen molar-refractivity contribution < 1.29 is 9.90 Å². The highest BCUT2D eigenvalue weighted by Gasteiger charge is 2.04. The fraction of sp³-hybridized carbons (Fsp3) is 0.118. The number of phenolic OH excluding ortho intramolecular Hbond substituents is 1. The maximum Gasteiger partial charge on any atom is 0.159 e. The summed E-state index contributed by atoms with van der Waals surface area (Å²) in [5, 5.41) is 9.77. The number of rotatable bonds is 4. The molecule has 19 heavy (non-hydrogen) atoms. The van der Waals surface area contributed by atoms with Gasteiger partial charge in [-0.2, -0.15) is 0 Å². The van der Waals surface area contributed by atoms with Gasteiger partial charge in [0, 0.05) is 5.56 Å². The van der Waals surface area contributed by atoms with Crippen LogP contribution >= 0.6 is 0 Å². The zero-order valence-electron chi connectivity index (χ0n) is 10.8. The highest BCUT2D eigenvalue weighted by molar-refractivity contribution is 5.94. The van der Waals surface area contributed by atoms with E-state index in [1.165, 1.54) is 6.92 Å². The Morgan fingerprint density at radius 2 is 1.89 bits per heavy atom. The maximum absolute atomic E-state index is 11.3. The quantitative estimate of drug-likeness (QED) is 0.839. The lowest BCUT2D eigenvalue weighted by Crippen LogP contribution is -1.93. The van der Waals surface area contributed by atoms with Crippen molar-refractivity contribution in [2.45, 2.75) is 13.3 Å². The van der Waals surface area contributed by atoms with Gasteiger partial charge in [0.05, 0.1) is 0 Å². The Bertz CT molecular complexity index is 598. The van der Waals surface area contributed by atoms with Crippen LogP contribution in [0.5, 0.6) is 5.75 Å². The van der Waals surface area contributed by atoms with Crippen molar-refractivity contribution in [2.24, 2.45) is 0 Å². The fourth-order valence-electron chi connectivity index (χ4n) is 1.85. The van der Waals surface area contributed by atoms with E-state index in [1.54, 1.807) is 18.2 Å². The first-order valence-corrected chi connectivity index (χ1v) is 6.21. The van der Waals surface area contributed by atoms with E-state index in [1.807, 2.05) is 42.5 Å². The van der Waals surface area contributed by atoms with Crippen LogP contribution in [-0.4, -0.2) is 10.9 Å². The van der Waals surface area contributed by atoms with Gasteiger partial charge in [-0.15, -0.1) is 0 Å². The summed E-state index contributed by atoms with van der Waals surface area (Å²) in [6, 6.07) is 14.9. The first-order valence-electron chi connectivity index (χ1n) is 6.21. The minimum absolute atomic E-state index is 0.00767. The summed E-state index contributed by atoms with van der Waals surface area (Å²) in [5.74, 6) is 0.232. The minimum Gasteiger partial charge on any atom is -0.508 e. The van der Waals surface area contributed by atoms with Gasteiger partial charge in [-0.1, -0.05) is 42.5 Å². The van der Waals surface area contributed by atoms with Gasteiger partial charge < -0.3 is 5.11 Å².